The number of benzene rings is 1. The van der Waals surface area contributed by atoms with Crippen LogP contribution in [0.3, 0.4) is 0 Å². The Hall–Kier alpha value is -6.58. The van der Waals surface area contributed by atoms with Crippen LogP contribution in [0.5, 0.6) is 0 Å². The average molecular weight is 813 g/mol. The first-order valence-electron chi connectivity index (χ1n) is 18.6. The quantitative estimate of drug-likeness (QED) is 0.260. The van der Waals surface area contributed by atoms with Gasteiger partial charge in [-0.1, -0.05) is 12.1 Å². The van der Waals surface area contributed by atoms with Gasteiger partial charge in [-0.25, -0.2) is 28.0 Å². The van der Waals surface area contributed by atoms with Crippen LogP contribution in [-0.4, -0.2) is 86.7 Å². The van der Waals surface area contributed by atoms with E-state index in [0.717, 1.165) is 0 Å². The molecule has 5 rings (SSSR count). The van der Waals surface area contributed by atoms with Gasteiger partial charge in [0.25, 0.3) is 0 Å². The first-order valence-corrected chi connectivity index (χ1v) is 20.2. The van der Waals surface area contributed by atoms with E-state index in [1.165, 1.54) is 36.4 Å². The van der Waals surface area contributed by atoms with Gasteiger partial charge in [0.2, 0.25) is 15.9 Å². The molecule has 1 aromatic carbocycles. The van der Waals surface area contributed by atoms with Gasteiger partial charge in [-0.05, 0) is 83.2 Å². The second kappa shape index (κ2) is 20.0. The van der Waals surface area contributed by atoms with Crippen molar-refractivity contribution in [3.05, 3.63) is 81.2 Å². The minimum Gasteiger partial charge on any atom is -0.481 e. The van der Waals surface area contributed by atoms with Crippen molar-refractivity contribution in [2.75, 3.05) is 49.2 Å². The average Bonchev–Trinajstić information content (AvgIpc) is 3.21. The van der Waals surface area contributed by atoms with Crippen LogP contribution in [0.1, 0.15) is 93.9 Å². The number of ether oxygens (including phenoxy) is 2. The van der Waals surface area contributed by atoms with Crippen molar-refractivity contribution in [1.82, 2.24) is 14.7 Å². The van der Waals surface area contributed by atoms with Gasteiger partial charge in [-0.15, -0.1) is 0 Å². The Morgan fingerprint density at radius 3 is 1.57 bits per heavy atom. The Morgan fingerprint density at radius 2 is 1.19 bits per heavy atom. The van der Waals surface area contributed by atoms with Crippen molar-refractivity contribution in [3.63, 3.8) is 0 Å². The molecule has 0 aliphatic carbocycles. The number of sulfonamides is 1. The molecule has 2 fully saturated rings. The molecule has 1 amide bonds. The van der Waals surface area contributed by atoms with Gasteiger partial charge in [-0.3, -0.25) is 14.3 Å². The maximum absolute atomic E-state index is 12.6. The highest BCUT2D eigenvalue weighted by atomic mass is 32.2. The SMILES string of the molecule is CCOC(=O)c1cc(C#N)c(N2CCC(C(=O)NS(=O)(=O)Cc3ccc(C#N)cc3)CC2)nc1C.CCOC(=O)c1cc(C#N)c(N2CCC(C(=O)O)CC2)nc1C. The number of esters is 2. The molecule has 3 aromatic rings. The summed E-state index contributed by atoms with van der Waals surface area (Å²) in [5.41, 5.74) is 2.86. The first kappa shape index (κ1) is 44.1. The summed E-state index contributed by atoms with van der Waals surface area (Å²) >= 11 is 0. The van der Waals surface area contributed by atoms with Crippen LogP contribution in [0.4, 0.5) is 11.6 Å². The Bertz CT molecular complexity index is 2260. The molecule has 0 atom stereocenters. The third-order valence-corrected chi connectivity index (χ3v) is 10.8. The Morgan fingerprint density at radius 1 is 0.759 bits per heavy atom. The van der Waals surface area contributed by atoms with E-state index in [1.54, 1.807) is 27.7 Å². The summed E-state index contributed by atoms with van der Waals surface area (Å²) in [4.78, 5) is 60.2. The summed E-state index contributed by atoms with van der Waals surface area (Å²) in [7, 11) is -3.90. The summed E-state index contributed by atoms with van der Waals surface area (Å²) < 4.78 is 37.0. The topological polar surface area (TPSA) is 257 Å². The number of rotatable bonds is 11. The van der Waals surface area contributed by atoms with Gasteiger partial charge in [0.1, 0.15) is 23.8 Å². The smallest absolute Gasteiger partial charge is 0.340 e. The Labute approximate surface area is 336 Å². The second-order valence-corrected chi connectivity index (χ2v) is 15.3. The van der Waals surface area contributed by atoms with E-state index in [1.807, 2.05) is 15.9 Å². The molecule has 2 aliphatic rings. The van der Waals surface area contributed by atoms with E-state index in [9.17, 15) is 38.1 Å². The molecule has 0 spiro atoms. The summed E-state index contributed by atoms with van der Waals surface area (Å²) in [6.45, 7) is 9.07. The number of nitriles is 3. The number of amides is 1. The zero-order valence-corrected chi connectivity index (χ0v) is 33.5. The van der Waals surface area contributed by atoms with Crippen molar-refractivity contribution in [2.24, 2.45) is 11.8 Å². The van der Waals surface area contributed by atoms with Crippen LogP contribution < -0.4 is 14.5 Å². The predicted molar refractivity (Wildman–Crippen MR) is 209 cm³/mol. The van der Waals surface area contributed by atoms with Crippen molar-refractivity contribution in [1.29, 1.82) is 15.8 Å². The van der Waals surface area contributed by atoms with Crippen LogP contribution in [0.25, 0.3) is 0 Å². The largest absolute Gasteiger partial charge is 0.481 e. The molecule has 0 unspecified atom stereocenters. The summed E-state index contributed by atoms with van der Waals surface area (Å²) in [6.07, 6.45) is 1.79. The summed E-state index contributed by atoms with van der Waals surface area (Å²) in [6, 6.07) is 15.2. The molecule has 0 radical (unpaired) electrons. The molecule has 304 valence electrons. The number of carbonyl (C=O) groups excluding carboxylic acids is 3. The highest BCUT2D eigenvalue weighted by Gasteiger charge is 2.31. The lowest BCUT2D eigenvalue weighted by Gasteiger charge is -2.32. The third-order valence-electron chi connectivity index (χ3n) is 9.62. The number of pyridine rings is 2. The molecule has 0 bridgehead atoms. The van der Waals surface area contributed by atoms with Gasteiger partial charge >= 0.3 is 17.9 Å². The predicted octanol–water partition coefficient (Wildman–Crippen LogP) is 3.91. The second-order valence-electron chi connectivity index (χ2n) is 13.5. The lowest BCUT2D eigenvalue weighted by Crippen LogP contribution is -2.43. The molecule has 2 saturated heterocycles. The van der Waals surface area contributed by atoms with Crippen molar-refractivity contribution in [2.45, 2.75) is 59.1 Å². The van der Waals surface area contributed by atoms with Gasteiger partial charge in [0.15, 0.2) is 0 Å². The van der Waals surface area contributed by atoms with Crippen LogP contribution in [-0.2, 0) is 34.8 Å². The molecule has 18 heteroatoms. The molecule has 2 aromatic heterocycles. The van der Waals surface area contributed by atoms with Crippen molar-refractivity contribution < 1.29 is 42.2 Å². The fourth-order valence-corrected chi connectivity index (χ4v) is 7.70. The fourth-order valence-electron chi connectivity index (χ4n) is 6.52. The van der Waals surface area contributed by atoms with E-state index in [2.05, 4.69) is 26.8 Å². The number of carboxylic acids is 1. The number of carboxylic acid groups (broad SMARTS) is 1. The molecule has 4 heterocycles. The lowest BCUT2D eigenvalue weighted by molar-refractivity contribution is -0.142. The maximum atomic E-state index is 12.6. The van der Waals surface area contributed by atoms with Gasteiger partial charge < -0.3 is 24.4 Å². The molecule has 58 heavy (non-hydrogen) atoms. The number of carbonyl (C=O) groups is 4. The molecular weight excluding hydrogens is 769 g/mol. The minimum atomic E-state index is -3.90. The Kier molecular flexibility index (Phi) is 15.2. The van der Waals surface area contributed by atoms with Gasteiger partial charge in [0, 0.05) is 32.1 Å². The molecule has 17 nitrogen and oxygen atoms in total. The minimum absolute atomic E-state index is 0.209. The van der Waals surface area contributed by atoms with Gasteiger partial charge in [0.05, 0.1) is 70.2 Å². The molecular formula is C40H44N8O9S. The number of aryl methyl sites for hydroxylation is 2. The first-order chi connectivity index (χ1) is 27.6. The zero-order chi connectivity index (χ0) is 42.6. The van der Waals surface area contributed by atoms with Crippen molar-refractivity contribution >= 4 is 45.5 Å². The van der Waals surface area contributed by atoms with Crippen LogP contribution >= 0.6 is 0 Å². The maximum Gasteiger partial charge on any atom is 0.340 e. The number of aliphatic carboxylic acids is 1. The monoisotopic (exact) mass is 812 g/mol. The normalized spacial score (nSPS) is 14.4. The zero-order valence-electron chi connectivity index (χ0n) is 32.6. The molecule has 2 aliphatic heterocycles. The van der Waals surface area contributed by atoms with Crippen LogP contribution in [0.15, 0.2) is 36.4 Å². The molecule has 2 N–H and O–H groups in total. The number of hydrogen-bond donors (Lipinski definition) is 2. The van der Waals surface area contributed by atoms with Crippen LogP contribution in [0, 0.1) is 59.7 Å². The number of nitrogens with one attached hydrogen (secondary N) is 1. The van der Waals surface area contributed by atoms with E-state index >= 15 is 0 Å². The number of anilines is 2. The number of piperidine rings is 2. The van der Waals surface area contributed by atoms with Crippen LogP contribution in [0.2, 0.25) is 0 Å². The Balaban J connectivity index is 0.000000280. The molecule has 0 saturated carbocycles. The van der Waals surface area contributed by atoms with E-state index in [-0.39, 0.29) is 41.6 Å². The highest BCUT2D eigenvalue weighted by Crippen LogP contribution is 2.28. The fraction of sp³-hybridized carbons (Fsp3) is 0.425. The van der Waals surface area contributed by atoms with Crippen molar-refractivity contribution in [3.8, 4) is 18.2 Å². The number of hydrogen-bond acceptors (Lipinski definition) is 15. The number of nitrogens with zero attached hydrogens (tertiary/aromatic N) is 7. The highest BCUT2D eigenvalue weighted by molar-refractivity contribution is 7.89. The summed E-state index contributed by atoms with van der Waals surface area (Å²) in [5.74, 6) is -2.70. The van der Waals surface area contributed by atoms with E-state index in [4.69, 9.17) is 19.8 Å². The number of aromatic nitrogens is 2. The summed E-state index contributed by atoms with van der Waals surface area (Å²) in [5, 5.41) is 36.8. The lowest BCUT2D eigenvalue weighted by atomic mass is 9.96. The standard InChI is InChI=1S/C24H25N5O5S.C16H19N3O4/c1-3-34-24(31)21-12-20(14-26)22(27-16(21)2)29-10-8-19(9-11-29)23(30)28-35(32,33)15-18-6-4-17(13-25)5-7-18;1-3-23-16(22)13-8-12(9-17)14(18-10(13)2)19-6-4-11(5-7-19)15(20)21/h4-7,12,19H,3,8-11,15H2,1-2H3,(H,28,30);8,11H,3-7H2,1-2H3,(H,20,21). The third kappa shape index (κ3) is 11.3. The van der Waals surface area contributed by atoms with E-state index < -0.39 is 39.8 Å². The van der Waals surface area contributed by atoms with E-state index in [0.29, 0.717) is 91.6 Å². The van der Waals surface area contributed by atoms with Gasteiger partial charge in [-0.2, -0.15) is 15.8 Å².